The van der Waals surface area contributed by atoms with Gasteiger partial charge in [-0.05, 0) is 30.4 Å². The van der Waals surface area contributed by atoms with Crippen molar-refractivity contribution in [3.63, 3.8) is 0 Å². The molecule has 1 atom stereocenters. The van der Waals surface area contributed by atoms with E-state index in [1.54, 1.807) is 0 Å². The SMILES string of the molecule is CC1(CN2CCN(CCc3ccccc3)CC2)CCNC1.Cl. The number of nitrogens with one attached hydrogen (secondary N) is 1. The molecule has 2 heterocycles. The molecule has 0 radical (unpaired) electrons. The maximum absolute atomic E-state index is 3.51. The third kappa shape index (κ3) is 4.95. The zero-order chi connectivity index (χ0) is 14.5. The van der Waals surface area contributed by atoms with Crippen molar-refractivity contribution in [3.05, 3.63) is 35.9 Å². The summed E-state index contributed by atoms with van der Waals surface area (Å²) in [5.41, 5.74) is 1.97. The number of benzene rings is 1. The van der Waals surface area contributed by atoms with Gasteiger partial charge in [0.1, 0.15) is 0 Å². The van der Waals surface area contributed by atoms with Gasteiger partial charge >= 0.3 is 0 Å². The summed E-state index contributed by atoms with van der Waals surface area (Å²) in [6, 6.07) is 10.9. The molecule has 0 aliphatic carbocycles. The largest absolute Gasteiger partial charge is 0.316 e. The Balaban J connectivity index is 0.00000176. The minimum Gasteiger partial charge on any atom is -0.316 e. The van der Waals surface area contributed by atoms with Gasteiger partial charge in [0.25, 0.3) is 0 Å². The molecule has 0 spiro atoms. The molecule has 4 heteroatoms. The molecular formula is C18H30ClN3. The van der Waals surface area contributed by atoms with Crippen molar-refractivity contribution in [2.45, 2.75) is 19.8 Å². The van der Waals surface area contributed by atoms with Gasteiger partial charge in [-0.15, -0.1) is 12.4 Å². The fourth-order valence-electron chi connectivity index (χ4n) is 3.65. The van der Waals surface area contributed by atoms with Crippen LogP contribution in [0.4, 0.5) is 0 Å². The molecule has 1 aromatic carbocycles. The molecule has 2 aliphatic heterocycles. The Hall–Kier alpha value is -0.610. The van der Waals surface area contributed by atoms with E-state index in [1.165, 1.54) is 70.8 Å². The van der Waals surface area contributed by atoms with E-state index in [0.717, 1.165) is 0 Å². The average Bonchev–Trinajstić information content (AvgIpc) is 2.94. The van der Waals surface area contributed by atoms with Crippen molar-refractivity contribution in [1.29, 1.82) is 0 Å². The summed E-state index contributed by atoms with van der Waals surface area (Å²) in [4.78, 5) is 5.30. The fraction of sp³-hybridized carbons (Fsp3) is 0.667. The summed E-state index contributed by atoms with van der Waals surface area (Å²) < 4.78 is 0. The minimum atomic E-state index is 0. The van der Waals surface area contributed by atoms with E-state index in [4.69, 9.17) is 0 Å². The molecule has 0 aromatic heterocycles. The standard InChI is InChI=1S/C18H29N3.ClH/c1-18(8-9-19-15-18)16-21-13-11-20(12-14-21)10-7-17-5-3-2-4-6-17;/h2-6,19H,7-16H2,1H3;1H. The second-order valence-corrected chi connectivity index (χ2v) is 7.09. The van der Waals surface area contributed by atoms with Crippen molar-refractivity contribution in [1.82, 2.24) is 15.1 Å². The van der Waals surface area contributed by atoms with E-state index >= 15 is 0 Å². The molecule has 0 amide bonds. The Morgan fingerprint density at radius 2 is 1.73 bits per heavy atom. The number of piperazine rings is 1. The van der Waals surface area contributed by atoms with E-state index in [-0.39, 0.29) is 12.4 Å². The first-order chi connectivity index (χ1) is 10.2. The lowest BCUT2D eigenvalue weighted by molar-refractivity contribution is 0.0978. The van der Waals surface area contributed by atoms with Crippen molar-refractivity contribution < 1.29 is 0 Å². The summed E-state index contributed by atoms with van der Waals surface area (Å²) in [6.07, 6.45) is 2.52. The first-order valence-corrected chi connectivity index (χ1v) is 8.43. The number of rotatable bonds is 5. The summed E-state index contributed by atoms with van der Waals surface area (Å²) in [6.45, 7) is 12.3. The molecule has 0 bridgehead atoms. The third-order valence-electron chi connectivity index (χ3n) is 5.09. The van der Waals surface area contributed by atoms with E-state index in [2.05, 4.69) is 52.4 Å². The molecule has 2 fully saturated rings. The normalized spacial score (nSPS) is 26.8. The molecule has 1 aromatic rings. The van der Waals surface area contributed by atoms with Gasteiger partial charge in [0.05, 0.1) is 0 Å². The smallest absolute Gasteiger partial charge is 0.0110 e. The Morgan fingerprint density at radius 1 is 1.05 bits per heavy atom. The molecule has 22 heavy (non-hydrogen) atoms. The van der Waals surface area contributed by atoms with Gasteiger partial charge in [-0.2, -0.15) is 0 Å². The van der Waals surface area contributed by atoms with Gasteiger partial charge in [-0.25, -0.2) is 0 Å². The highest BCUT2D eigenvalue weighted by Crippen LogP contribution is 2.26. The van der Waals surface area contributed by atoms with Gasteiger partial charge in [0, 0.05) is 45.8 Å². The van der Waals surface area contributed by atoms with Crippen LogP contribution in [-0.4, -0.2) is 62.2 Å². The van der Waals surface area contributed by atoms with Crippen LogP contribution in [0.3, 0.4) is 0 Å². The van der Waals surface area contributed by atoms with E-state index < -0.39 is 0 Å². The number of nitrogens with zero attached hydrogens (tertiary/aromatic N) is 2. The minimum absolute atomic E-state index is 0. The topological polar surface area (TPSA) is 18.5 Å². The van der Waals surface area contributed by atoms with Crippen LogP contribution in [0.1, 0.15) is 18.9 Å². The average molecular weight is 324 g/mol. The predicted molar refractivity (Wildman–Crippen MR) is 95.9 cm³/mol. The van der Waals surface area contributed by atoms with Crippen LogP contribution < -0.4 is 5.32 Å². The van der Waals surface area contributed by atoms with Gasteiger partial charge in [0.2, 0.25) is 0 Å². The second-order valence-electron chi connectivity index (χ2n) is 7.09. The Kier molecular flexibility index (Phi) is 6.69. The van der Waals surface area contributed by atoms with Crippen molar-refractivity contribution in [3.8, 4) is 0 Å². The van der Waals surface area contributed by atoms with Crippen LogP contribution in [-0.2, 0) is 6.42 Å². The first kappa shape index (κ1) is 17.7. The van der Waals surface area contributed by atoms with Crippen LogP contribution in [0.2, 0.25) is 0 Å². The molecule has 3 rings (SSSR count). The highest BCUT2D eigenvalue weighted by Gasteiger charge is 2.31. The first-order valence-electron chi connectivity index (χ1n) is 8.43. The van der Waals surface area contributed by atoms with Crippen LogP contribution in [0.15, 0.2) is 30.3 Å². The lowest BCUT2D eigenvalue weighted by atomic mass is 9.89. The highest BCUT2D eigenvalue weighted by molar-refractivity contribution is 5.85. The molecule has 1 unspecified atom stereocenters. The second kappa shape index (κ2) is 8.30. The molecular weight excluding hydrogens is 294 g/mol. The predicted octanol–water partition coefficient (Wildman–Crippen LogP) is 2.27. The summed E-state index contributed by atoms with van der Waals surface area (Å²) in [7, 11) is 0. The van der Waals surface area contributed by atoms with Gasteiger partial charge < -0.3 is 15.1 Å². The van der Waals surface area contributed by atoms with Crippen LogP contribution in [0.25, 0.3) is 0 Å². The lowest BCUT2D eigenvalue weighted by Crippen LogP contribution is -2.50. The molecule has 2 aliphatic rings. The molecule has 1 N–H and O–H groups in total. The maximum atomic E-state index is 3.51. The monoisotopic (exact) mass is 323 g/mol. The van der Waals surface area contributed by atoms with E-state index in [0.29, 0.717) is 5.41 Å². The number of hydrogen-bond donors (Lipinski definition) is 1. The molecule has 0 saturated carbocycles. The van der Waals surface area contributed by atoms with Crippen molar-refractivity contribution in [2.24, 2.45) is 5.41 Å². The van der Waals surface area contributed by atoms with Crippen LogP contribution in [0, 0.1) is 5.41 Å². The maximum Gasteiger partial charge on any atom is 0.0110 e. The van der Waals surface area contributed by atoms with Crippen molar-refractivity contribution >= 4 is 12.4 Å². The zero-order valence-electron chi connectivity index (χ0n) is 13.8. The Morgan fingerprint density at radius 3 is 2.36 bits per heavy atom. The highest BCUT2D eigenvalue weighted by atomic mass is 35.5. The Labute approximate surface area is 141 Å². The molecule has 124 valence electrons. The van der Waals surface area contributed by atoms with Crippen LogP contribution >= 0.6 is 12.4 Å². The fourth-order valence-corrected chi connectivity index (χ4v) is 3.65. The zero-order valence-corrected chi connectivity index (χ0v) is 14.6. The third-order valence-corrected chi connectivity index (χ3v) is 5.09. The van der Waals surface area contributed by atoms with Gasteiger partial charge in [-0.3, -0.25) is 0 Å². The van der Waals surface area contributed by atoms with Crippen LogP contribution in [0.5, 0.6) is 0 Å². The summed E-state index contributed by atoms with van der Waals surface area (Å²) >= 11 is 0. The van der Waals surface area contributed by atoms with Gasteiger partial charge in [0.15, 0.2) is 0 Å². The molecule has 2 saturated heterocycles. The number of hydrogen-bond acceptors (Lipinski definition) is 3. The Bertz CT molecular complexity index is 423. The van der Waals surface area contributed by atoms with E-state index in [1.807, 2.05) is 0 Å². The summed E-state index contributed by atoms with van der Waals surface area (Å²) in [5, 5.41) is 3.51. The van der Waals surface area contributed by atoms with Crippen molar-refractivity contribution in [2.75, 3.05) is 52.4 Å². The lowest BCUT2D eigenvalue weighted by Gasteiger charge is -2.38. The van der Waals surface area contributed by atoms with E-state index in [9.17, 15) is 0 Å². The van der Waals surface area contributed by atoms with Gasteiger partial charge in [-0.1, -0.05) is 37.3 Å². The number of halogens is 1. The summed E-state index contributed by atoms with van der Waals surface area (Å²) in [5.74, 6) is 0. The quantitative estimate of drug-likeness (QED) is 0.897. The molecule has 3 nitrogen and oxygen atoms in total.